The van der Waals surface area contributed by atoms with Gasteiger partial charge in [0.15, 0.2) is 5.96 Å². The molecule has 1 aromatic carbocycles. The fraction of sp³-hybridized carbons (Fsp3) is 0.500. The average molecular weight is 410 g/mol. The van der Waals surface area contributed by atoms with E-state index in [1.807, 2.05) is 25.7 Å². The number of carbonyl (C=O) groups is 1. The van der Waals surface area contributed by atoms with Crippen molar-refractivity contribution in [3.63, 3.8) is 0 Å². The van der Waals surface area contributed by atoms with Crippen LogP contribution in [0, 0.1) is 11.8 Å². The van der Waals surface area contributed by atoms with E-state index in [0.29, 0.717) is 26.2 Å². The van der Waals surface area contributed by atoms with Gasteiger partial charge in [0.1, 0.15) is 12.1 Å². The molecule has 0 saturated carbocycles. The van der Waals surface area contributed by atoms with Crippen molar-refractivity contribution in [1.29, 1.82) is 0 Å². The molecule has 1 amide bonds. The molecule has 1 fully saturated rings. The zero-order chi connectivity index (χ0) is 21.7. The van der Waals surface area contributed by atoms with Crippen molar-refractivity contribution in [2.75, 3.05) is 32.7 Å². The van der Waals surface area contributed by atoms with Gasteiger partial charge in [-0.1, -0.05) is 17.9 Å². The predicted molar refractivity (Wildman–Crippen MR) is 104 cm³/mol. The Morgan fingerprint density at radius 1 is 1.17 bits per heavy atom. The van der Waals surface area contributed by atoms with E-state index < -0.39 is 17.3 Å². The van der Waals surface area contributed by atoms with Gasteiger partial charge in [0.25, 0.3) is 0 Å². The normalized spacial score (nSPS) is 15.6. The molecule has 0 unspecified atom stereocenters. The van der Waals surface area contributed by atoms with Crippen LogP contribution in [0.5, 0.6) is 0 Å². The number of carbonyl (C=O) groups excluding carboxylic acids is 1. The van der Waals surface area contributed by atoms with Crippen LogP contribution in [0.4, 0.5) is 18.0 Å². The second-order valence-corrected chi connectivity index (χ2v) is 7.51. The van der Waals surface area contributed by atoms with Gasteiger partial charge in [-0.25, -0.2) is 9.79 Å². The first-order valence-corrected chi connectivity index (χ1v) is 9.14. The number of hydrogen-bond donors (Lipinski definition) is 1. The minimum atomic E-state index is -4.40. The van der Waals surface area contributed by atoms with Gasteiger partial charge in [-0.15, -0.1) is 0 Å². The number of hydrogen-bond acceptors (Lipinski definition) is 3. The zero-order valence-electron chi connectivity index (χ0n) is 16.7. The molecule has 1 heterocycles. The average Bonchev–Trinajstić information content (AvgIpc) is 2.63. The first-order valence-electron chi connectivity index (χ1n) is 9.14. The van der Waals surface area contributed by atoms with Crippen LogP contribution >= 0.6 is 0 Å². The molecule has 29 heavy (non-hydrogen) atoms. The third-order valence-electron chi connectivity index (χ3n) is 4.00. The van der Waals surface area contributed by atoms with E-state index in [1.54, 1.807) is 4.90 Å². The fourth-order valence-electron chi connectivity index (χ4n) is 2.58. The Balaban J connectivity index is 1.86. The van der Waals surface area contributed by atoms with Crippen LogP contribution in [0.1, 0.15) is 31.9 Å². The van der Waals surface area contributed by atoms with Crippen LogP contribution < -0.4 is 5.73 Å². The molecule has 1 saturated heterocycles. The lowest BCUT2D eigenvalue weighted by Crippen LogP contribution is -2.53. The molecular weight excluding hydrogens is 385 g/mol. The second-order valence-electron chi connectivity index (χ2n) is 7.51. The van der Waals surface area contributed by atoms with Crippen molar-refractivity contribution in [2.24, 2.45) is 10.7 Å². The summed E-state index contributed by atoms with van der Waals surface area (Å²) in [6, 6.07) is 4.81. The summed E-state index contributed by atoms with van der Waals surface area (Å²) >= 11 is 0. The summed E-state index contributed by atoms with van der Waals surface area (Å²) in [5.41, 5.74) is 4.93. The molecule has 1 aliphatic heterocycles. The number of halogens is 3. The van der Waals surface area contributed by atoms with E-state index in [4.69, 9.17) is 10.5 Å². The number of amides is 1. The van der Waals surface area contributed by atoms with Gasteiger partial charge in [-0.2, -0.15) is 13.2 Å². The van der Waals surface area contributed by atoms with Crippen LogP contribution in [0.15, 0.2) is 29.3 Å². The Labute approximate surface area is 168 Å². The van der Waals surface area contributed by atoms with Crippen molar-refractivity contribution >= 4 is 12.1 Å². The molecule has 9 heteroatoms. The number of nitrogens with zero attached hydrogens (tertiary/aromatic N) is 3. The maximum Gasteiger partial charge on any atom is 0.416 e. The van der Waals surface area contributed by atoms with E-state index in [1.165, 1.54) is 12.1 Å². The first kappa shape index (κ1) is 22.4. The van der Waals surface area contributed by atoms with E-state index in [0.717, 1.165) is 12.1 Å². The van der Waals surface area contributed by atoms with Crippen LogP contribution in [0.2, 0.25) is 0 Å². The van der Waals surface area contributed by atoms with Gasteiger partial charge in [0, 0.05) is 31.7 Å². The minimum absolute atomic E-state index is 0.0638. The van der Waals surface area contributed by atoms with Gasteiger partial charge in [0.05, 0.1) is 5.56 Å². The summed E-state index contributed by atoms with van der Waals surface area (Å²) in [5.74, 6) is 5.65. The van der Waals surface area contributed by atoms with Crippen LogP contribution in [0.25, 0.3) is 0 Å². The molecule has 0 aliphatic carbocycles. The fourth-order valence-corrected chi connectivity index (χ4v) is 2.58. The number of ether oxygens (including phenoxy) is 1. The van der Waals surface area contributed by atoms with Gasteiger partial charge in [-0.3, -0.25) is 0 Å². The van der Waals surface area contributed by atoms with Crippen molar-refractivity contribution < 1.29 is 22.7 Å². The second kappa shape index (κ2) is 9.07. The highest BCUT2D eigenvalue weighted by molar-refractivity contribution is 5.78. The molecule has 0 atom stereocenters. The number of aliphatic imine (C=N–C) groups is 1. The Hall–Kier alpha value is -2.89. The van der Waals surface area contributed by atoms with E-state index in [2.05, 4.69) is 16.8 Å². The summed E-state index contributed by atoms with van der Waals surface area (Å²) in [4.78, 5) is 19.6. The van der Waals surface area contributed by atoms with Gasteiger partial charge >= 0.3 is 12.3 Å². The van der Waals surface area contributed by atoms with Crippen molar-refractivity contribution in [2.45, 2.75) is 32.5 Å². The van der Waals surface area contributed by atoms with E-state index in [9.17, 15) is 18.0 Å². The highest BCUT2D eigenvalue weighted by Crippen LogP contribution is 2.29. The van der Waals surface area contributed by atoms with Crippen molar-refractivity contribution in [3.8, 4) is 11.8 Å². The third-order valence-corrected chi connectivity index (χ3v) is 4.00. The van der Waals surface area contributed by atoms with Crippen molar-refractivity contribution in [1.82, 2.24) is 9.80 Å². The lowest BCUT2D eigenvalue weighted by molar-refractivity contribution is -0.137. The van der Waals surface area contributed by atoms with Crippen LogP contribution in [-0.4, -0.2) is 60.2 Å². The molecule has 2 N–H and O–H groups in total. The predicted octanol–water partition coefficient (Wildman–Crippen LogP) is 2.92. The molecule has 0 radical (unpaired) electrons. The molecule has 6 nitrogen and oxygen atoms in total. The van der Waals surface area contributed by atoms with Crippen LogP contribution in [0.3, 0.4) is 0 Å². The Kier molecular flexibility index (Phi) is 7.01. The molecule has 158 valence electrons. The lowest BCUT2D eigenvalue weighted by Gasteiger charge is -2.36. The summed E-state index contributed by atoms with van der Waals surface area (Å²) in [7, 11) is 0. The summed E-state index contributed by atoms with van der Waals surface area (Å²) in [5, 5.41) is 0. The van der Waals surface area contributed by atoms with E-state index in [-0.39, 0.29) is 24.2 Å². The number of guanidine groups is 1. The number of piperazine rings is 1. The molecule has 0 spiro atoms. The van der Waals surface area contributed by atoms with Crippen LogP contribution in [-0.2, 0) is 10.9 Å². The van der Waals surface area contributed by atoms with Crippen molar-refractivity contribution in [3.05, 3.63) is 35.4 Å². The number of alkyl halides is 3. The summed E-state index contributed by atoms with van der Waals surface area (Å²) < 4.78 is 43.4. The minimum Gasteiger partial charge on any atom is -0.444 e. The Bertz CT molecular complexity index is 811. The Morgan fingerprint density at radius 2 is 1.79 bits per heavy atom. The quantitative estimate of drug-likeness (QED) is 0.439. The third kappa shape index (κ3) is 7.22. The maximum atomic E-state index is 12.7. The zero-order valence-corrected chi connectivity index (χ0v) is 16.7. The molecule has 0 bridgehead atoms. The van der Waals surface area contributed by atoms with Gasteiger partial charge < -0.3 is 20.3 Å². The summed E-state index contributed by atoms with van der Waals surface area (Å²) in [6.07, 6.45) is -4.76. The Morgan fingerprint density at radius 3 is 2.38 bits per heavy atom. The van der Waals surface area contributed by atoms with Gasteiger partial charge in [0.2, 0.25) is 0 Å². The topological polar surface area (TPSA) is 71.2 Å². The molecule has 1 aromatic rings. The molecule has 0 aromatic heterocycles. The SMILES string of the molecule is CC(C)(C)OC(=O)N1CCN(C(N)=NCC#Cc2cccc(C(F)(F)F)c2)CC1. The lowest BCUT2D eigenvalue weighted by atomic mass is 10.1. The highest BCUT2D eigenvalue weighted by atomic mass is 19.4. The largest absolute Gasteiger partial charge is 0.444 e. The number of nitrogens with two attached hydrogens (primary N) is 1. The monoisotopic (exact) mass is 410 g/mol. The number of benzene rings is 1. The standard InChI is InChI=1S/C20H25F3N4O2/c1-19(2,3)29-18(28)27-12-10-26(11-13-27)17(24)25-9-5-7-15-6-4-8-16(14-15)20(21,22)23/h4,6,8,14H,9-13H2,1-3H3,(H2,24,25). The molecule has 2 rings (SSSR count). The smallest absolute Gasteiger partial charge is 0.416 e. The number of rotatable bonds is 1. The first-order chi connectivity index (χ1) is 13.5. The maximum absolute atomic E-state index is 12.7. The summed E-state index contributed by atoms with van der Waals surface area (Å²) in [6.45, 7) is 7.44. The molecule has 1 aliphatic rings. The molecular formula is C20H25F3N4O2. The van der Waals surface area contributed by atoms with E-state index >= 15 is 0 Å². The van der Waals surface area contributed by atoms with Gasteiger partial charge in [-0.05, 0) is 39.0 Å². The highest BCUT2D eigenvalue weighted by Gasteiger charge is 2.30.